The van der Waals surface area contributed by atoms with E-state index in [-0.39, 0.29) is 6.10 Å². The van der Waals surface area contributed by atoms with Gasteiger partial charge in [0.15, 0.2) is 5.82 Å². The molecule has 1 fully saturated rings. The highest BCUT2D eigenvalue weighted by Crippen LogP contribution is 2.24. The molecule has 1 aromatic heterocycles. The standard InChI is InChI=1S/C11H15ClIN3O/c1-3-7-9(13)10(12)15-11(14-7)8-6-16(2)4-5-17-8/h8H,3-6H2,1-2H3. The molecule has 0 spiro atoms. The minimum Gasteiger partial charge on any atom is -0.368 e. The number of morpholine rings is 1. The maximum absolute atomic E-state index is 6.13. The number of halogens is 2. The number of aromatic nitrogens is 2. The van der Waals surface area contributed by atoms with E-state index in [0.29, 0.717) is 11.0 Å². The van der Waals surface area contributed by atoms with Gasteiger partial charge in [0.1, 0.15) is 11.3 Å². The summed E-state index contributed by atoms with van der Waals surface area (Å²) < 4.78 is 6.65. The Bertz CT molecular complexity index is 416. The number of aryl methyl sites for hydroxylation is 1. The number of likely N-dealkylation sites (N-methyl/N-ethyl adjacent to an activating group) is 1. The fourth-order valence-electron chi connectivity index (χ4n) is 1.79. The normalized spacial score (nSPS) is 21.8. The molecule has 0 radical (unpaired) electrons. The first kappa shape index (κ1) is 13.5. The molecule has 0 amide bonds. The summed E-state index contributed by atoms with van der Waals surface area (Å²) in [6, 6.07) is 0. The SMILES string of the molecule is CCc1nc(C2CN(C)CCO2)nc(Cl)c1I. The molecule has 2 heterocycles. The van der Waals surface area contributed by atoms with E-state index >= 15 is 0 Å². The summed E-state index contributed by atoms with van der Waals surface area (Å²) in [5, 5.41) is 0.532. The fraction of sp³-hybridized carbons (Fsp3) is 0.636. The minimum atomic E-state index is -0.0615. The number of ether oxygens (including phenoxy) is 1. The topological polar surface area (TPSA) is 38.2 Å². The molecule has 1 atom stereocenters. The van der Waals surface area contributed by atoms with Crippen molar-refractivity contribution in [2.24, 2.45) is 0 Å². The van der Waals surface area contributed by atoms with Gasteiger partial charge in [-0.25, -0.2) is 9.97 Å². The van der Waals surface area contributed by atoms with Crippen molar-refractivity contribution >= 4 is 34.2 Å². The molecule has 94 valence electrons. The smallest absolute Gasteiger partial charge is 0.160 e. The quantitative estimate of drug-likeness (QED) is 0.594. The van der Waals surface area contributed by atoms with E-state index in [1.54, 1.807) is 0 Å². The maximum atomic E-state index is 6.13. The molecule has 1 aliphatic heterocycles. The molecule has 1 aliphatic rings. The predicted molar refractivity (Wildman–Crippen MR) is 75.3 cm³/mol. The van der Waals surface area contributed by atoms with Crippen molar-refractivity contribution < 1.29 is 4.74 Å². The van der Waals surface area contributed by atoms with E-state index in [1.165, 1.54) is 0 Å². The number of nitrogens with zero attached hydrogens (tertiary/aromatic N) is 3. The highest BCUT2D eigenvalue weighted by Gasteiger charge is 2.23. The van der Waals surface area contributed by atoms with Gasteiger partial charge < -0.3 is 9.64 Å². The van der Waals surface area contributed by atoms with Crippen molar-refractivity contribution in [3.8, 4) is 0 Å². The second-order valence-corrected chi connectivity index (χ2v) is 5.55. The van der Waals surface area contributed by atoms with Crippen molar-refractivity contribution in [2.45, 2.75) is 19.4 Å². The van der Waals surface area contributed by atoms with E-state index in [2.05, 4.69) is 51.4 Å². The Balaban J connectivity index is 2.29. The molecule has 0 aromatic carbocycles. The van der Waals surface area contributed by atoms with Crippen molar-refractivity contribution in [2.75, 3.05) is 26.7 Å². The summed E-state index contributed by atoms with van der Waals surface area (Å²) in [4.78, 5) is 11.1. The van der Waals surface area contributed by atoms with Crippen LogP contribution >= 0.6 is 34.2 Å². The highest BCUT2D eigenvalue weighted by molar-refractivity contribution is 14.1. The Labute approximate surface area is 120 Å². The van der Waals surface area contributed by atoms with Gasteiger partial charge in [0, 0.05) is 13.1 Å². The van der Waals surface area contributed by atoms with Gasteiger partial charge in [-0.05, 0) is 36.1 Å². The third-order valence-electron chi connectivity index (χ3n) is 2.79. The third-order valence-corrected chi connectivity index (χ3v) is 4.51. The summed E-state index contributed by atoms with van der Waals surface area (Å²) in [7, 11) is 2.07. The zero-order chi connectivity index (χ0) is 12.4. The number of hydrogen-bond acceptors (Lipinski definition) is 4. The van der Waals surface area contributed by atoms with E-state index in [4.69, 9.17) is 16.3 Å². The van der Waals surface area contributed by atoms with E-state index in [9.17, 15) is 0 Å². The second-order valence-electron chi connectivity index (χ2n) is 4.11. The molecule has 1 aromatic rings. The summed E-state index contributed by atoms with van der Waals surface area (Å²) in [6.45, 7) is 4.56. The van der Waals surface area contributed by atoms with Crippen molar-refractivity contribution in [1.82, 2.24) is 14.9 Å². The van der Waals surface area contributed by atoms with Gasteiger partial charge in [-0.1, -0.05) is 18.5 Å². The van der Waals surface area contributed by atoms with Crippen molar-refractivity contribution in [3.05, 3.63) is 20.2 Å². The largest absolute Gasteiger partial charge is 0.368 e. The van der Waals surface area contributed by atoms with Gasteiger partial charge >= 0.3 is 0 Å². The lowest BCUT2D eigenvalue weighted by molar-refractivity contribution is -0.0256. The van der Waals surface area contributed by atoms with Gasteiger partial charge in [0.05, 0.1) is 15.9 Å². The Kier molecular flexibility index (Phi) is 4.57. The van der Waals surface area contributed by atoms with Crippen LogP contribution in [-0.2, 0) is 11.2 Å². The Morgan fingerprint density at radius 3 is 2.94 bits per heavy atom. The minimum absolute atomic E-state index is 0.0615. The summed E-state index contributed by atoms with van der Waals surface area (Å²) >= 11 is 8.31. The average molecular weight is 368 g/mol. The molecule has 17 heavy (non-hydrogen) atoms. The van der Waals surface area contributed by atoms with Crippen LogP contribution < -0.4 is 0 Å². The zero-order valence-corrected chi connectivity index (χ0v) is 12.8. The maximum Gasteiger partial charge on any atom is 0.160 e. The van der Waals surface area contributed by atoms with Crippen LogP contribution in [0.2, 0.25) is 5.15 Å². The van der Waals surface area contributed by atoms with Crippen LogP contribution in [0, 0.1) is 3.57 Å². The first-order chi connectivity index (χ1) is 8.11. The van der Waals surface area contributed by atoms with Gasteiger partial charge in [-0.3, -0.25) is 0 Å². The first-order valence-electron chi connectivity index (χ1n) is 5.63. The molecule has 0 saturated carbocycles. The summed E-state index contributed by atoms with van der Waals surface area (Å²) in [5.74, 6) is 0.707. The lowest BCUT2D eigenvalue weighted by Crippen LogP contribution is -2.36. The molecular weight excluding hydrogens is 352 g/mol. The lowest BCUT2D eigenvalue weighted by Gasteiger charge is -2.29. The number of hydrogen-bond donors (Lipinski definition) is 0. The third kappa shape index (κ3) is 3.07. The molecule has 6 heteroatoms. The van der Waals surface area contributed by atoms with Gasteiger partial charge in [0.25, 0.3) is 0 Å². The predicted octanol–water partition coefficient (Wildman–Crippen LogP) is 2.30. The first-order valence-corrected chi connectivity index (χ1v) is 7.09. The molecular formula is C11H15ClIN3O. The summed E-state index contributed by atoms with van der Waals surface area (Å²) in [6.07, 6.45) is 0.796. The molecule has 2 rings (SSSR count). The van der Waals surface area contributed by atoms with Crippen LogP contribution in [0.25, 0.3) is 0 Å². The lowest BCUT2D eigenvalue weighted by atomic mass is 10.2. The van der Waals surface area contributed by atoms with Crippen LogP contribution in [0.3, 0.4) is 0 Å². The fourth-order valence-corrected chi connectivity index (χ4v) is 2.61. The molecule has 1 saturated heterocycles. The molecule has 4 nitrogen and oxygen atoms in total. The van der Waals surface area contributed by atoms with Gasteiger partial charge in [-0.2, -0.15) is 0 Å². The van der Waals surface area contributed by atoms with E-state index in [1.807, 2.05) is 0 Å². The van der Waals surface area contributed by atoms with E-state index in [0.717, 1.165) is 35.4 Å². The second kappa shape index (κ2) is 5.77. The van der Waals surface area contributed by atoms with Crippen LogP contribution in [0.4, 0.5) is 0 Å². The van der Waals surface area contributed by atoms with Crippen LogP contribution in [0.5, 0.6) is 0 Å². The van der Waals surface area contributed by atoms with Crippen LogP contribution in [-0.4, -0.2) is 41.6 Å². The zero-order valence-electron chi connectivity index (χ0n) is 9.91. The Morgan fingerprint density at radius 2 is 2.29 bits per heavy atom. The monoisotopic (exact) mass is 367 g/mol. The Hall–Kier alpha value is 0.0200. The van der Waals surface area contributed by atoms with Crippen LogP contribution in [0.15, 0.2) is 0 Å². The summed E-state index contributed by atoms with van der Waals surface area (Å²) in [5.41, 5.74) is 0.998. The Morgan fingerprint density at radius 1 is 1.53 bits per heavy atom. The van der Waals surface area contributed by atoms with Crippen molar-refractivity contribution in [1.29, 1.82) is 0 Å². The van der Waals surface area contributed by atoms with Gasteiger partial charge in [-0.15, -0.1) is 0 Å². The molecule has 1 unspecified atom stereocenters. The molecule has 0 N–H and O–H groups in total. The molecule has 0 bridgehead atoms. The van der Waals surface area contributed by atoms with Gasteiger partial charge in [0.2, 0.25) is 0 Å². The number of rotatable bonds is 2. The van der Waals surface area contributed by atoms with E-state index < -0.39 is 0 Å². The van der Waals surface area contributed by atoms with Crippen molar-refractivity contribution in [3.63, 3.8) is 0 Å². The average Bonchev–Trinajstić information content (AvgIpc) is 2.32. The molecule has 0 aliphatic carbocycles. The van der Waals surface area contributed by atoms with Crippen LogP contribution in [0.1, 0.15) is 24.5 Å². The highest BCUT2D eigenvalue weighted by atomic mass is 127.